The number of carbonyl (C=O) groups excluding carboxylic acids is 3. The summed E-state index contributed by atoms with van der Waals surface area (Å²) in [4.78, 5) is 35.9. The molecule has 0 aliphatic carbocycles. The lowest BCUT2D eigenvalue weighted by Gasteiger charge is -2.08. The number of ketones is 1. The van der Waals surface area contributed by atoms with Crippen LogP contribution in [0, 0.1) is 0 Å². The molecule has 30 heavy (non-hydrogen) atoms. The fraction of sp³-hybridized carbons (Fsp3) is 0.348. The summed E-state index contributed by atoms with van der Waals surface area (Å²) in [7, 11) is 0. The molecule has 1 aliphatic rings. The van der Waals surface area contributed by atoms with Crippen LogP contribution < -0.4 is 14.8 Å². The molecule has 1 heterocycles. The molecular weight excluding hydrogens is 386 g/mol. The average Bonchev–Trinajstić information content (AvgIpc) is 3.04. The predicted octanol–water partition coefficient (Wildman–Crippen LogP) is 3.73. The Bertz CT molecular complexity index is 922. The zero-order valence-electron chi connectivity index (χ0n) is 17.1. The van der Waals surface area contributed by atoms with Gasteiger partial charge in [-0.2, -0.15) is 0 Å². The summed E-state index contributed by atoms with van der Waals surface area (Å²) in [6.07, 6.45) is 0.633. The lowest BCUT2D eigenvalue weighted by Crippen LogP contribution is -2.15. The molecule has 0 saturated carbocycles. The second-order valence-electron chi connectivity index (χ2n) is 6.95. The van der Waals surface area contributed by atoms with E-state index in [1.165, 1.54) is 0 Å². The molecule has 1 aliphatic heterocycles. The van der Waals surface area contributed by atoms with E-state index in [0.717, 1.165) is 11.3 Å². The van der Waals surface area contributed by atoms with E-state index in [1.54, 1.807) is 25.1 Å². The molecule has 2 aromatic rings. The van der Waals surface area contributed by atoms with E-state index in [4.69, 9.17) is 14.2 Å². The number of Topliss-reactive ketones (excluding diaryl/α,β-unsaturated/α-hetero) is 1. The first-order valence-corrected chi connectivity index (χ1v) is 9.97. The minimum absolute atomic E-state index is 0.0894. The number of nitrogens with one attached hydrogen (secondary N) is 1. The second kappa shape index (κ2) is 9.91. The molecule has 0 aromatic heterocycles. The first-order valence-electron chi connectivity index (χ1n) is 9.97. The number of benzene rings is 2. The van der Waals surface area contributed by atoms with E-state index >= 15 is 0 Å². The van der Waals surface area contributed by atoms with Crippen molar-refractivity contribution in [2.45, 2.75) is 32.6 Å². The van der Waals surface area contributed by atoms with Gasteiger partial charge in [0.05, 0.1) is 19.1 Å². The van der Waals surface area contributed by atoms with Crippen LogP contribution >= 0.6 is 0 Å². The minimum atomic E-state index is -0.454. The standard InChI is InChI=1S/C23H25NO6/c1-3-28-17-7-9-18(10-8-17)29-12-4-5-22(26)30-14-21(25)16-6-11-20-19(13-16)15(2)23(27)24-20/h6-11,13,15H,3-5,12,14H2,1-2H3,(H,24,27)/t15-/m0/s1. The molecule has 1 atom stereocenters. The van der Waals surface area contributed by atoms with Gasteiger partial charge in [0.25, 0.3) is 0 Å². The molecule has 0 unspecified atom stereocenters. The Morgan fingerprint density at radius 2 is 1.73 bits per heavy atom. The number of amides is 1. The Balaban J connectivity index is 1.37. The number of fused-ring (bicyclic) bond motifs is 1. The highest BCUT2D eigenvalue weighted by molar-refractivity contribution is 6.05. The van der Waals surface area contributed by atoms with Gasteiger partial charge in [0, 0.05) is 17.7 Å². The van der Waals surface area contributed by atoms with Gasteiger partial charge in [-0.3, -0.25) is 14.4 Å². The molecule has 7 nitrogen and oxygen atoms in total. The lowest BCUT2D eigenvalue weighted by atomic mass is 9.99. The van der Waals surface area contributed by atoms with Crippen LogP contribution in [-0.4, -0.2) is 37.5 Å². The molecule has 3 rings (SSSR count). The molecule has 1 amide bonds. The van der Waals surface area contributed by atoms with Gasteiger partial charge in [-0.15, -0.1) is 0 Å². The third-order valence-corrected chi connectivity index (χ3v) is 4.78. The van der Waals surface area contributed by atoms with Crippen molar-refractivity contribution in [3.05, 3.63) is 53.6 Å². The van der Waals surface area contributed by atoms with Crippen LogP contribution in [0.2, 0.25) is 0 Å². The summed E-state index contributed by atoms with van der Waals surface area (Å²) in [6.45, 7) is 4.34. The number of hydrogen-bond donors (Lipinski definition) is 1. The van der Waals surface area contributed by atoms with Crippen molar-refractivity contribution in [2.24, 2.45) is 0 Å². The number of rotatable bonds is 10. The monoisotopic (exact) mass is 411 g/mol. The molecule has 2 aromatic carbocycles. The molecule has 7 heteroatoms. The van der Waals surface area contributed by atoms with Crippen LogP contribution in [0.15, 0.2) is 42.5 Å². The zero-order chi connectivity index (χ0) is 21.5. The summed E-state index contributed by atoms with van der Waals surface area (Å²) in [6, 6.07) is 12.3. The highest BCUT2D eigenvalue weighted by atomic mass is 16.5. The Morgan fingerprint density at radius 3 is 2.43 bits per heavy atom. The largest absolute Gasteiger partial charge is 0.494 e. The molecule has 158 valence electrons. The van der Waals surface area contributed by atoms with E-state index in [2.05, 4.69) is 5.32 Å². The molecule has 0 spiro atoms. The van der Waals surface area contributed by atoms with Gasteiger partial charge in [0.1, 0.15) is 11.5 Å². The van der Waals surface area contributed by atoms with Crippen LogP contribution in [0.3, 0.4) is 0 Å². The summed E-state index contributed by atoms with van der Waals surface area (Å²) in [5.74, 6) is 0.326. The third kappa shape index (κ3) is 5.37. The summed E-state index contributed by atoms with van der Waals surface area (Å²) >= 11 is 0. The van der Waals surface area contributed by atoms with E-state index in [9.17, 15) is 14.4 Å². The number of ether oxygens (including phenoxy) is 3. The SMILES string of the molecule is CCOc1ccc(OCCCC(=O)OCC(=O)c2ccc3c(c2)[C@H](C)C(=O)N3)cc1. The van der Waals surface area contributed by atoms with E-state index in [-0.39, 0.29) is 30.6 Å². The van der Waals surface area contributed by atoms with Crippen LogP contribution in [-0.2, 0) is 14.3 Å². The van der Waals surface area contributed by atoms with Gasteiger partial charge in [0.2, 0.25) is 5.91 Å². The third-order valence-electron chi connectivity index (χ3n) is 4.78. The topological polar surface area (TPSA) is 90.9 Å². The van der Waals surface area contributed by atoms with Crippen molar-refractivity contribution < 1.29 is 28.6 Å². The maximum atomic E-state index is 12.3. The smallest absolute Gasteiger partial charge is 0.306 e. The molecule has 0 radical (unpaired) electrons. The van der Waals surface area contributed by atoms with Gasteiger partial charge in [-0.25, -0.2) is 0 Å². The summed E-state index contributed by atoms with van der Waals surface area (Å²) in [5.41, 5.74) is 1.92. The Labute approximate surface area is 175 Å². The lowest BCUT2D eigenvalue weighted by molar-refractivity contribution is -0.142. The van der Waals surface area contributed by atoms with Crippen molar-refractivity contribution in [2.75, 3.05) is 25.1 Å². The second-order valence-corrected chi connectivity index (χ2v) is 6.95. The highest BCUT2D eigenvalue weighted by Crippen LogP contribution is 2.32. The van der Waals surface area contributed by atoms with Crippen LogP contribution in [0.4, 0.5) is 5.69 Å². The van der Waals surface area contributed by atoms with Crippen molar-refractivity contribution >= 4 is 23.3 Å². The van der Waals surface area contributed by atoms with Crippen molar-refractivity contribution in [1.82, 2.24) is 0 Å². The molecule has 0 saturated heterocycles. The van der Waals surface area contributed by atoms with Crippen molar-refractivity contribution in [3.63, 3.8) is 0 Å². The Kier molecular flexibility index (Phi) is 7.06. The normalized spacial score (nSPS) is 14.6. The van der Waals surface area contributed by atoms with Gasteiger partial charge in [-0.1, -0.05) is 0 Å². The maximum Gasteiger partial charge on any atom is 0.306 e. The molecular formula is C23H25NO6. The predicted molar refractivity (Wildman–Crippen MR) is 111 cm³/mol. The molecule has 0 bridgehead atoms. The van der Waals surface area contributed by atoms with Crippen LogP contribution in [0.25, 0.3) is 0 Å². The van der Waals surface area contributed by atoms with E-state index in [0.29, 0.717) is 36.6 Å². The maximum absolute atomic E-state index is 12.3. The average molecular weight is 411 g/mol. The summed E-state index contributed by atoms with van der Waals surface area (Å²) < 4.78 is 16.0. The zero-order valence-corrected chi connectivity index (χ0v) is 17.1. The van der Waals surface area contributed by atoms with Gasteiger partial charge >= 0.3 is 5.97 Å². The fourth-order valence-electron chi connectivity index (χ4n) is 3.10. The number of carbonyl (C=O) groups is 3. The van der Waals surface area contributed by atoms with Gasteiger partial charge in [0.15, 0.2) is 12.4 Å². The van der Waals surface area contributed by atoms with E-state index in [1.807, 2.05) is 31.2 Å². The summed E-state index contributed by atoms with van der Waals surface area (Å²) in [5, 5.41) is 2.76. The van der Waals surface area contributed by atoms with Crippen molar-refractivity contribution in [3.8, 4) is 11.5 Å². The Hall–Kier alpha value is -3.35. The number of hydrogen-bond acceptors (Lipinski definition) is 6. The quantitative estimate of drug-likeness (QED) is 0.364. The number of esters is 1. The van der Waals surface area contributed by atoms with Crippen LogP contribution in [0.5, 0.6) is 11.5 Å². The molecule has 0 fully saturated rings. The van der Waals surface area contributed by atoms with Gasteiger partial charge in [-0.05, 0) is 68.3 Å². The first kappa shape index (κ1) is 21.4. The van der Waals surface area contributed by atoms with Crippen LogP contribution in [0.1, 0.15) is 48.5 Å². The minimum Gasteiger partial charge on any atom is -0.494 e. The van der Waals surface area contributed by atoms with Crippen molar-refractivity contribution in [1.29, 1.82) is 0 Å². The van der Waals surface area contributed by atoms with Gasteiger partial charge < -0.3 is 19.5 Å². The van der Waals surface area contributed by atoms with E-state index < -0.39 is 5.97 Å². The fourth-order valence-corrected chi connectivity index (χ4v) is 3.10. The first-order chi connectivity index (χ1) is 14.5. The molecule has 1 N–H and O–H groups in total. The highest BCUT2D eigenvalue weighted by Gasteiger charge is 2.27. The Morgan fingerprint density at radius 1 is 1.03 bits per heavy atom. The number of anilines is 1.